The third-order valence-corrected chi connectivity index (χ3v) is 5.41. The van der Waals surface area contributed by atoms with E-state index >= 15 is 0 Å². The van der Waals surface area contributed by atoms with E-state index in [0.717, 1.165) is 60.8 Å². The number of benzene rings is 1. The molecular formula is C19H22FN5O. The Labute approximate surface area is 150 Å². The molecule has 6 nitrogen and oxygen atoms in total. The summed E-state index contributed by atoms with van der Waals surface area (Å²) in [5.74, 6) is 2.90. The van der Waals surface area contributed by atoms with Crippen LogP contribution in [0.1, 0.15) is 55.7 Å². The Morgan fingerprint density at radius 2 is 2.12 bits per heavy atom. The maximum atomic E-state index is 13.5. The summed E-state index contributed by atoms with van der Waals surface area (Å²) in [6.45, 7) is 1.60. The van der Waals surface area contributed by atoms with Crippen LogP contribution in [-0.4, -0.2) is 31.6 Å². The van der Waals surface area contributed by atoms with Crippen molar-refractivity contribution in [3.8, 4) is 0 Å². The molecule has 0 amide bonds. The van der Waals surface area contributed by atoms with Gasteiger partial charge in [0.25, 0.3) is 0 Å². The monoisotopic (exact) mass is 355 g/mol. The Morgan fingerprint density at radius 3 is 3.00 bits per heavy atom. The lowest BCUT2D eigenvalue weighted by Crippen LogP contribution is -2.33. The highest BCUT2D eigenvalue weighted by atomic mass is 19.1. The quantitative estimate of drug-likeness (QED) is 0.754. The molecule has 1 atom stereocenters. The van der Waals surface area contributed by atoms with E-state index in [9.17, 15) is 4.39 Å². The molecule has 0 unspecified atom stereocenters. The number of nitrogens with one attached hydrogen (secondary N) is 1. The number of imidazole rings is 1. The van der Waals surface area contributed by atoms with Crippen LogP contribution in [0.5, 0.6) is 0 Å². The van der Waals surface area contributed by atoms with E-state index in [4.69, 9.17) is 9.51 Å². The van der Waals surface area contributed by atoms with E-state index in [2.05, 4.69) is 20.0 Å². The molecule has 2 fully saturated rings. The first-order valence-corrected chi connectivity index (χ1v) is 9.45. The van der Waals surface area contributed by atoms with Gasteiger partial charge in [-0.25, -0.2) is 9.37 Å². The fourth-order valence-corrected chi connectivity index (χ4v) is 3.84. The molecule has 0 bridgehead atoms. The summed E-state index contributed by atoms with van der Waals surface area (Å²) in [4.78, 5) is 14.9. The van der Waals surface area contributed by atoms with E-state index in [1.165, 1.54) is 25.0 Å². The predicted octanol–water partition coefficient (Wildman–Crippen LogP) is 3.76. The fourth-order valence-electron chi connectivity index (χ4n) is 3.84. The van der Waals surface area contributed by atoms with Crippen LogP contribution >= 0.6 is 0 Å². The molecule has 1 saturated heterocycles. The fraction of sp³-hybridized carbons (Fsp3) is 0.526. The van der Waals surface area contributed by atoms with Gasteiger partial charge in [-0.3, -0.25) is 4.90 Å². The van der Waals surface area contributed by atoms with Crippen molar-refractivity contribution in [1.29, 1.82) is 0 Å². The summed E-state index contributed by atoms with van der Waals surface area (Å²) in [5.41, 5.74) is 1.55. The van der Waals surface area contributed by atoms with Crippen molar-refractivity contribution in [1.82, 2.24) is 25.0 Å². The Morgan fingerprint density at radius 1 is 1.19 bits per heavy atom. The summed E-state index contributed by atoms with van der Waals surface area (Å²) in [7, 11) is 0. The highest BCUT2D eigenvalue weighted by molar-refractivity contribution is 5.75. The van der Waals surface area contributed by atoms with Gasteiger partial charge in [0.05, 0.1) is 23.6 Å². The summed E-state index contributed by atoms with van der Waals surface area (Å²) in [5, 5.41) is 4.13. The van der Waals surface area contributed by atoms with Gasteiger partial charge in [0, 0.05) is 6.42 Å². The van der Waals surface area contributed by atoms with Crippen LogP contribution < -0.4 is 0 Å². The number of hydrogen-bond acceptors (Lipinski definition) is 5. The zero-order valence-corrected chi connectivity index (χ0v) is 14.6. The van der Waals surface area contributed by atoms with Crippen LogP contribution in [0.25, 0.3) is 11.0 Å². The second kappa shape index (κ2) is 6.46. The lowest BCUT2D eigenvalue weighted by molar-refractivity contribution is 0.119. The first-order valence-electron chi connectivity index (χ1n) is 9.45. The number of hydrogen-bond donors (Lipinski definition) is 1. The zero-order valence-electron chi connectivity index (χ0n) is 14.6. The van der Waals surface area contributed by atoms with Gasteiger partial charge in [-0.2, -0.15) is 4.98 Å². The topological polar surface area (TPSA) is 70.8 Å². The number of H-pyrrole nitrogens is 1. The van der Waals surface area contributed by atoms with Crippen molar-refractivity contribution < 1.29 is 8.91 Å². The maximum absolute atomic E-state index is 13.5. The molecule has 136 valence electrons. The number of aromatic amines is 1. The van der Waals surface area contributed by atoms with Crippen molar-refractivity contribution in [3.63, 3.8) is 0 Å². The smallest absolute Gasteiger partial charge is 0.240 e. The van der Waals surface area contributed by atoms with Gasteiger partial charge in [-0.15, -0.1) is 0 Å². The van der Waals surface area contributed by atoms with Crippen LogP contribution in [0.15, 0.2) is 22.7 Å². The zero-order chi connectivity index (χ0) is 17.5. The molecule has 0 spiro atoms. The molecular weight excluding hydrogens is 333 g/mol. The maximum Gasteiger partial charge on any atom is 0.240 e. The molecule has 1 aliphatic heterocycles. The van der Waals surface area contributed by atoms with Crippen LogP contribution in [0.4, 0.5) is 4.39 Å². The minimum Gasteiger partial charge on any atom is -0.341 e. The molecule has 1 saturated carbocycles. The highest BCUT2D eigenvalue weighted by Gasteiger charge is 2.29. The van der Waals surface area contributed by atoms with E-state index < -0.39 is 0 Å². The van der Waals surface area contributed by atoms with Gasteiger partial charge in [0.15, 0.2) is 5.82 Å². The number of rotatable bonds is 5. The van der Waals surface area contributed by atoms with Gasteiger partial charge in [-0.05, 0) is 56.3 Å². The van der Waals surface area contributed by atoms with E-state index in [0.29, 0.717) is 12.4 Å². The lowest BCUT2D eigenvalue weighted by atomic mass is 10.0. The first-order chi connectivity index (χ1) is 12.7. The number of fused-ring (bicyclic) bond motifs is 1. The van der Waals surface area contributed by atoms with Crippen LogP contribution in [-0.2, 0) is 13.0 Å². The molecule has 3 aromatic rings. The van der Waals surface area contributed by atoms with E-state index in [1.54, 1.807) is 6.07 Å². The van der Waals surface area contributed by atoms with Crippen LogP contribution in [0, 0.1) is 11.7 Å². The second-order valence-electron chi connectivity index (χ2n) is 7.52. The van der Waals surface area contributed by atoms with Crippen molar-refractivity contribution in [2.24, 2.45) is 5.92 Å². The molecule has 1 aromatic carbocycles. The number of nitrogens with zero attached hydrogens (tertiary/aromatic N) is 4. The largest absolute Gasteiger partial charge is 0.341 e. The van der Waals surface area contributed by atoms with E-state index in [1.807, 2.05) is 0 Å². The summed E-state index contributed by atoms with van der Waals surface area (Å²) >= 11 is 0. The lowest BCUT2D eigenvalue weighted by Gasteiger charge is -2.33. The second-order valence-corrected chi connectivity index (χ2v) is 7.52. The minimum absolute atomic E-state index is 0.165. The van der Waals surface area contributed by atoms with Gasteiger partial charge >= 0.3 is 0 Å². The van der Waals surface area contributed by atoms with Crippen molar-refractivity contribution in [2.75, 3.05) is 6.54 Å². The summed E-state index contributed by atoms with van der Waals surface area (Å²) in [6.07, 6.45) is 6.82. The third kappa shape index (κ3) is 3.23. The molecule has 5 rings (SSSR count). The molecule has 1 N–H and O–H groups in total. The van der Waals surface area contributed by atoms with Gasteiger partial charge in [-0.1, -0.05) is 11.6 Å². The van der Waals surface area contributed by atoms with Gasteiger partial charge in [0.1, 0.15) is 11.6 Å². The summed E-state index contributed by atoms with van der Waals surface area (Å²) in [6, 6.07) is 4.84. The van der Waals surface area contributed by atoms with Crippen molar-refractivity contribution in [3.05, 3.63) is 41.6 Å². The normalized spacial score (nSPS) is 21.5. The van der Waals surface area contributed by atoms with Gasteiger partial charge in [0.2, 0.25) is 5.89 Å². The SMILES string of the molecule is Fc1ccc2nc([C@@H]3CCCCN3Cc3nc(CC4CC4)no3)[nH]c2c1. The Balaban J connectivity index is 1.36. The molecule has 3 heterocycles. The van der Waals surface area contributed by atoms with Crippen molar-refractivity contribution >= 4 is 11.0 Å². The molecule has 2 aromatic heterocycles. The van der Waals surface area contributed by atoms with Gasteiger partial charge < -0.3 is 9.51 Å². The number of likely N-dealkylation sites (tertiary alicyclic amines) is 1. The Hall–Kier alpha value is -2.28. The number of aromatic nitrogens is 4. The predicted molar refractivity (Wildman–Crippen MR) is 93.8 cm³/mol. The van der Waals surface area contributed by atoms with E-state index in [-0.39, 0.29) is 11.9 Å². The van der Waals surface area contributed by atoms with Crippen LogP contribution in [0.3, 0.4) is 0 Å². The Bertz CT molecular complexity index is 916. The molecule has 7 heteroatoms. The molecule has 1 aliphatic carbocycles. The molecule has 2 aliphatic rings. The minimum atomic E-state index is -0.248. The number of piperidine rings is 1. The molecule has 0 radical (unpaired) electrons. The Kier molecular flexibility index (Phi) is 3.96. The summed E-state index contributed by atoms with van der Waals surface area (Å²) < 4.78 is 18.9. The molecule has 26 heavy (non-hydrogen) atoms. The average molecular weight is 355 g/mol. The average Bonchev–Trinajstić information content (AvgIpc) is 3.18. The highest BCUT2D eigenvalue weighted by Crippen LogP contribution is 2.33. The standard InChI is InChI=1S/C19H22FN5O/c20-13-6-7-14-15(10-13)22-19(21-14)16-3-1-2-8-25(16)11-18-23-17(24-26-18)9-12-4-5-12/h6-7,10,12,16H,1-5,8-9,11H2,(H,21,22)/t16-/m0/s1. The van der Waals surface area contributed by atoms with Crippen molar-refractivity contribution in [2.45, 2.75) is 51.1 Å². The first kappa shape index (κ1) is 15.9. The number of halogens is 1. The third-order valence-electron chi connectivity index (χ3n) is 5.41. The van der Waals surface area contributed by atoms with Crippen LogP contribution in [0.2, 0.25) is 0 Å².